The van der Waals surface area contributed by atoms with Crippen LogP contribution in [0.25, 0.3) is 0 Å². The largest absolute Gasteiger partial charge is 0.345 e. The highest BCUT2D eigenvalue weighted by Gasteiger charge is 2.44. The first-order valence-electron chi connectivity index (χ1n) is 10.5. The van der Waals surface area contributed by atoms with Crippen molar-refractivity contribution in [1.29, 1.82) is 0 Å². The van der Waals surface area contributed by atoms with E-state index >= 15 is 0 Å². The lowest BCUT2D eigenvalue weighted by Crippen LogP contribution is -2.40. The molecular weight excluding hydrogens is 340 g/mol. The molecule has 1 fully saturated rings. The Balaban J connectivity index is 2.93. The molecule has 1 saturated heterocycles. The van der Waals surface area contributed by atoms with Gasteiger partial charge >= 0.3 is 0 Å². The minimum atomic E-state index is -0.151. The molecule has 2 rings (SSSR count). The van der Waals surface area contributed by atoms with E-state index in [1.165, 1.54) is 22.5 Å². The fourth-order valence-corrected chi connectivity index (χ4v) is 4.07. The number of fused-ring (bicyclic) bond motifs is 1. The molecular formula is C26H40N2. The summed E-state index contributed by atoms with van der Waals surface area (Å²) in [5.41, 5.74) is 5.00. The first kappa shape index (κ1) is 22.5. The van der Waals surface area contributed by atoms with Crippen molar-refractivity contribution in [2.24, 2.45) is 26.7 Å². The van der Waals surface area contributed by atoms with Gasteiger partial charge in [-0.1, -0.05) is 92.7 Å². The smallest absolute Gasteiger partial charge is 0.0424 e. The molecule has 1 aliphatic carbocycles. The van der Waals surface area contributed by atoms with Gasteiger partial charge in [-0.05, 0) is 24.1 Å². The SMILES string of the molecule is C=N/C=C1\C(=C/CC)N(C)C2=C/C(C)(C(C)(C)C)/C=C\C(C)(C)/C=C\2C1(C)C. The van der Waals surface area contributed by atoms with Crippen molar-refractivity contribution in [2.75, 3.05) is 7.05 Å². The summed E-state index contributed by atoms with van der Waals surface area (Å²) in [5, 5.41) is 0. The fraction of sp³-hybridized carbons (Fsp3) is 0.577. The average molecular weight is 381 g/mol. The quantitative estimate of drug-likeness (QED) is 0.362. The second kappa shape index (κ2) is 7.21. The Bertz CT molecular complexity index is 791. The number of nitrogens with zero attached hydrogens (tertiary/aromatic N) is 2. The van der Waals surface area contributed by atoms with Crippen molar-refractivity contribution < 1.29 is 0 Å². The van der Waals surface area contributed by atoms with Crippen LogP contribution in [0.15, 0.2) is 64.1 Å². The molecule has 0 spiro atoms. The van der Waals surface area contributed by atoms with E-state index in [-0.39, 0.29) is 21.7 Å². The molecule has 0 aromatic heterocycles. The predicted molar refractivity (Wildman–Crippen MR) is 124 cm³/mol. The van der Waals surface area contributed by atoms with Crippen molar-refractivity contribution >= 4 is 6.72 Å². The van der Waals surface area contributed by atoms with Gasteiger partial charge in [0.25, 0.3) is 0 Å². The van der Waals surface area contributed by atoms with Gasteiger partial charge in [0, 0.05) is 46.5 Å². The lowest BCUT2D eigenvalue weighted by atomic mass is 9.62. The number of likely N-dealkylation sites (N-methyl/N-ethyl adjacent to an activating group) is 1. The van der Waals surface area contributed by atoms with Crippen molar-refractivity contribution in [1.82, 2.24) is 4.90 Å². The van der Waals surface area contributed by atoms with Crippen LogP contribution in [-0.2, 0) is 0 Å². The van der Waals surface area contributed by atoms with Crippen molar-refractivity contribution in [2.45, 2.75) is 68.7 Å². The molecule has 0 bridgehead atoms. The molecule has 2 aliphatic rings. The molecule has 2 nitrogen and oxygen atoms in total. The monoisotopic (exact) mass is 380 g/mol. The van der Waals surface area contributed by atoms with E-state index in [2.05, 4.69) is 116 Å². The number of piperidine rings is 1. The molecule has 1 aliphatic heterocycles. The maximum atomic E-state index is 4.17. The van der Waals surface area contributed by atoms with Gasteiger partial charge < -0.3 is 4.90 Å². The van der Waals surface area contributed by atoms with E-state index in [1.807, 2.05) is 6.20 Å². The zero-order chi connectivity index (χ0) is 21.5. The molecule has 1 heterocycles. The number of rotatable bonds is 2. The van der Waals surface area contributed by atoms with Crippen LogP contribution in [0.3, 0.4) is 0 Å². The zero-order valence-corrected chi connectivity index (χ0v) is 19.8. The summed E-state index contributed by atoms with van der Waals surface area (Å²) < 4.78 is 0. The van der Waals surface area contributed by atoms with Gasteiger partial charge in [0.2, 0.25) is 0 Å². The van der Waals surface area contributed by atoms with Crippen LogP contribution in [0.2, 0.25) is 0 Å². The fourth-order valence-electron chi connectivity index (χ4n) is 4.07. The first-order valence-corrected chi connectivity index (χ1v) is 10.5. The van der Waals surface area contributed by atoms with Crippen molar-refractivity contribution in [3.8, 4) is 0 Å². The molecule has 0 amide bonds. The minimum Gasteiger partial charge on any atom is -0.345 e. The number of hydrogen-bond donors (Lipinski definition) is 0. The first-order chi connectivity index (χ1) is 12.7. The lowest BCUT2D eigenvalue weighted by molar-refractivity contribution is 0.220. The second-order valence-corrected chi connectivity index (χ2v) is 10.7. The van der Waals surface area contributed by atoms with Crippen LogP contribution >= 0.6 is 0 Å². The summed E-state index contributed by atoms with van der Waals surface area (Å²) >= 11 is 0. The number of aliphatic imine (C=N–C) groups is 1. The Labute approximate surface area is 173 Å². The second-order valence-electron chi connectivity index (χ2n) is 10.7. The van der Waals surface area contributed by atoms with E-state index < -0.39 is 0 Å². The standard InChI is InChI=1S/C26H40N2/c1-12-13-21-20(18-27-10)25(7,8)19-16-24(5,6)14-15-26(9,23(2,3)4)17-22(19)28(21)11/h13-18H,10,12H2,1-9,11H3/b15-14-,19-16+,20-18+,21-13+,22-17+. The van der Waals surface area contributed by atoms with Crippen LogP contribution in [-0.4, -0.2) is 18.7 Å². The molecule has 0 aromatic carbocycles. The third-order valence-corrected chi connectivity index (χ3v) is 6.67. The van der Waals surface area contributed by atoms with Crippen LogP contribution in [0.5, 0.6) is 0 Å². The van der Waals surface area contributed by atoms with Gasteiger partial charge in [-0.2, -0.15) is 0 Å². The Morgan fingerprint density at radius 3 is 2.18 bits per heavy atom. The van der Waals surface area contributed by atoms with E-state index in [1.54, 1.807) is 0 Å². The molecule has 0 aromatic rings. The van der Waals surface area contributed by atoms with E-state index in [9.17, 15) is 0 Å². The molecule has 1 atom stereocenters. The Morgan fingerprint density at radius 1 is 1.07 bits per heavy atom. The summed E-state index contributed by atoms with van der Waals surface area (Å²) in [7, 11) is 2.19. The van der Waals surface area contributed by atoms with Gasteiger partial charge in [-0.15, -0.1) is 0 Å². The molecule has 0 radical (unpaired) electrons. The zero-order valence-electron chi connectivity index (χ0n) is 19.8. The Morgan fingerprint density at radius 2 is 1.68 bits per heavy atom. The van der Waals surface area contributed by atoms with Crippen LogP contribution in [0.4, 0.5) is 0 Å². The maximum absolute atomic E-state index is 4.17. The van der Waals surface area contributed by atoms with Gasteiger partial charge in [0.1, 0.15) is 0 Å². The van der Waals surface area contributed by atoms with Gasteiger partial charge in [-0.25, -0.2) is 0 Å². The normalized spacial score (nSPS) is 34.6. The lowest BCUT2D eigenvalue weighted by Gasteiger charge is -2.49. The van der Waals surface area contributed by atoms with Crippen LogP contribution in [0.1, 0.15) is 68.7 Å². The van der Waals surface area contributed by atoms with Gasteiger partial charge in [0.05, 0.1) is 0 Å². The predicted octanol–water partition coefficient (Wildman–Crippen LogP) is 7.30. The summed E-state index contributed by atoms with van der Waals surface area (Å²) in [6.07, 6.45) is 14.9. The van der Waals surface area contributed by atoms with Crippen molar-refractivity contribution in [3.63, 3.8) is 0 Å². The number of hydrogen-bond acceptors (Lipinski definition) is 2. The Kier molecular flexibility index (Phi) is 5.78. The number of allylic oxidation sites excluding steroid dienone is 7. The molecule has 28 heavy (non-hydrogen) atoms. The van der Waals surface area contributed by atoms with Crippen molar-refractivity contribution in [3.05, 3.63) is 59.1 Å². The summed E-state index contributed by atoms with van der Waals surface area (Å²) in [6, 6.07) is 0. The molecule has 2 heteroatoms. The number of likely N-dealkylation sites (tertiary alicyclic amines) is 1. The van der Waals surface area contributed by atoms with Crippen LogP contribution < -0.4 is 0 Å². The van der Waals surface area contributed by atoms with E-state index in [4.69, 9.17) is 0 Å². The Hall–Kier alpha value is -1.83. The molecule has 1 unspecified atom stereocenters. The van der Waals surface area contributed by atoms with E-state index in [0.717, 1.165) is 6.42 Å². The molecule has 0 N–H and O–H groups in total. The summed E-state index contributed by atoms with van der Waals surface area (Å²) in [4.78, 5) is 6.52. The molecule has 154 valence electrons. The third kappa shape index (κ3) is 3.83. The van der Waals surface area contributed by atoms with E-state index in [0.29, 0.717) is 0 Å². The minimum absolute atomic E-state index is 0.0296. The van der Waals surface area contributed by atoms with Crippen LogP contribution in [0, 0.1) is 21.7 Å². The summed E-state index contributed by atoms with van der Waals surface area (Å²) in [5.74, 6) is 0. The molecule has 0 saturated carbocycles. The van der Waals surface area contributed by atoms with Gasteiger partial charge in [0.15, 0.2) is 0 Å². The average Bonchev–Trinajstić information content (AvgIpc) is 2.55. The highest BCUT2D eigenvalue weighted by Crippen LogP contribution is 2.54. The topological polar surface area (TPSA) is 15.6 Å². The maximum Gasteiger partial charge on any atom is 0.0424 e. The highest BCUT2D eigenvalue weighted by molar-refractivity contribution is 5.57. The van der Waals surface area contributed by atoms with Gasteiger partial charge in [-0.3, -0.25) is 4.99 Å². The highest BCUT2D eigenvalue weighted by atomic mass is 15.1. The third-order valence-electron chi connectivity index (χ3n) is 6.67. The summed E-state index contributed by atoms with van der Waals surface area (Å²) in [6.45, 7) is 24.5.